The van der Waals surface area contributed by atoms with Gasteiger partial charge in [-0.25, -0.2) is 0 Å². The van der Waals surface area contributed by atoms with Crippen molar-refractivity contribution in [1.82, 2.24) is 4.57 Å². The van der Waals surface area contributed by atoms with E-state index in [1.54, 1.807) is 18.2 Å². The Morgan fingerprint density at radius 2 is 1.71 bits per heavy atom. The number of aromatic nitrogens is 1. The standard InChI is InChI=1S/C18H19NO2/c1-3-16-18(12-6-5-7-13(20)10-12)15-9-8-14(21)11-17(15)19(16)4-2/h5-11,20-21H,3-4H2,1-2H3. The molecule has 0 aliphatic heterocycles. The van der Waals surface area contributed by atoms with E-state index >= 15 is 0 Å². The molecule has 0 aliphatic carbocycles. The van der Waals surface area contributed by atoms with Gasteiger partial charge in [-0.1, -0.05) is 19.1 Å². The van der Waals surface area contributed by atoms with E-state index in [2.05, 4.69) is 18.4 Å². The van der Waals surface area contributed by atoms with Crippen molar-refractivity contribution in [2.24, 2.45) is 0 Å². The van der Waals surface area contributed by atoms with Crippen LogP contribution in [0.2, 0.25) is 0 Å². The van der Waals surface area contributed by atoms with Gasteiger partial charge in [0.1, 0.15) is 11.5 Å². The summed E-state index contributed by atoms with van der Waals surface area (Å²) >= 11 is 0. The molecule has 0 bridgehead atoms. The number of hydrogen-bond acceptors (Lipinski definition) is 2. The van der Waals surface area contributed by atoms with Crippen LogP contribution in [0.3, 0.4) is 0 Å². The second-order valence-electron chi connectivity index (χ2n) is 5.17. The van der Waals surface area contributed by atoms with Gasteiger partial charge in [0.2, 0.25) is 0 Å². The van der Waals surface area contributed by atoms with Gasteiger partial charge in [-0.3, -0.25) is 0 Å². The van der Waals surface area contributed by atoms with Crippen LogP contribution in [0.5, 0.6) is 11.5 Å². The van der Waals surface area contributed by atoms with Crippen LogP contribution in [-0.4, -0.2) is 14.8 Å². The second kappa shape index (κ2) is 5.17. The Balaban J connectivity index is 2.40. The van der Waals surface area contributed by atoms with Gasteiger partial charge in [0.25, 0.3) is 0 Å². The lowest BCUT2D eigenvalue weighted by molar-refractivity contribution is 0.475. The summed E-state index contributed by atoms with van der Waals surface area (Å²) in [7, 11) is 0. The summed E-state index contributed by atoms with van der Waals surface area (Å²) in [5, 5.41) is 20.7. The first-order valence-electron chi connectivity index (χ1n) is 7.29. The zero-order valence-corrected chi connectivity index (χ0v) is 12.3. The minimum atomic E-state index is 0.269. The first-order valence-corrected chi connectivity index (χ1v) is 7.29. The largest absolute Gasteiger partial charge is 0.508 e. The van der Waals surface area contributed by atoms with Gasteiger partial charge in [0.05, 0.1) is 5.52 Å². The van der Waals surface area contributed by atoms with Crippen molar-refractivity contribution in [3.05, 3.63) is 48.2 Å². The van der Waals surface area contributed by atoms with Crippen LogP contribution >= 0.6 is 0 Å². The summed E-state index contributed by atoms with van der Waals surface area (Å²) in [6.07, 6.45) is 0.897. The molecule has 0 aliphatic rings. The third kappa shape index (κ3) is 2.15. The molecule has 3 nitrogen and oxygen atoms in total. The van der Waals surface area contributed by atoms with Gasteiger partial charge < -0.3 is 14.8 Å². The average Bonchev–Trinajstić information content (AvgIpc) is 2.79. The Kier molecular flexibility index (Phi) is 3.34. The molecule has 0 radical (unpaired) electrons. The molecule has 2 N–H and O–H groups in total. The van der Waals surface area contributed by atoms with Crippen LogP contribution in [0.25, 0.3) is 22.0 Å². The molecule has 0 saturated carbocycles. The number of hydrogen-bond donors (Lipinski definition) is 2. The summed E-state index contributed by atoms with van der Waals surface area (Å²) < 4.78 is 2.23. The Hall–Kier alpha value is -2.42. The maximum atomic E-state index is 9.78. The van der Waals surface area contributed by atoms with Gasteiger partial charge in [0.15, 0.2) is 0 Å². The van der Waals surface area contributed by atoms with Crippen LogP contribution in [0, 0.1) is 0 Å². The third-order valence-electron chi connectivity index (χ3n) is 3.94. The lowest BCUT2D eigenvalue weighted by Crippen LogP contribution is -1.99. The fourth-order valence-electron chi connectivity index (χ4n) is 3.10. The normalized spacial score (nSPS) is 11.1. The lowest BCUT2D eigenvalue weighted by atomic mass is 10.0. The highest BCUT2D eigenvalue weighted by Crippen LogP contribution is 2.37. The molecule has 1 heterocycles. The molecule has 0 saturated heterocycles. The number of nitrogens with zero attached hydrogens (tertiary/aromatic N) is 1. The van der Waals surface area contributed by atoms with Crippen molar-refractivity contribution in [1.29, 1.82) is 0 Å². The maximum Gasteiger partial charge on any atom is 0.117 e. The van der Waals surface area contributed by atoms with Crippen LogP contribution < -0.4 is 0 Å². The van der Waals surface area contributed by atoms with E-state index in [0.717, 1.165) is 35.0 Å². The molecule has 21 heavy (non-hydrogen) atoms. The molecule has 2 aromatic carbocycles. The van der Waals surface area contributed by atoms with E-state index in [1.807, 2.05) is 24.3 Å². The average molecular weight is 281 g/mol. The SMILES string of the molecule is CCc1c(-c2cccc(O)c2)c2ccc(O)cc2n1CC. The third-order valence-corrected chi connectivity index (χ3v) is 3.94. The summed E-state index contributed by atoms with van der Waals surface area (Å²) in [6.45, 7) is 5.09. The monoisotopic (exact) mass is 281 g/mol. The fourth-order valence-corrected chi connectivity index (χ4v) is 3.10. The molecule has 0 amide bonds. The van der Waals surface area contributed by atoms with Crippen molar-refractivity contribution < 1.29 is 10.2 Å². The summed E-state index contributed by atoms with van der Waals surface area (Å²) in [6, 6.07) is 12.8. The molecule has 3 aromatic rings. The highest BCUT2D eigenvalue weighted by molar-refractivity contribution is 5.99. The summed E-state index contributed by atoms with van der Waals surface area (Å²) in [5.74, 6) is 0.547. The maximum absolute atomic E-state index is 9.78. The molecular formula is C18H19NO2. The first kappa shape index (κ1) is 13.6. The Bertz CT molecular complexity index is 802. The van der Waals surface area contributed by atoms with Crippen LogP contribution in [0.4, 0.5) is 0 Å². The fraction of sp³-hybridized carbons (Fsp3) is 0.222. The molecule has 3 heteroatoms. The predicted molar refractivity (Wildman–Crippen MR) is 85.8 cm³/mol. The van der Waals surface area contributed by atoms with Crippen molar-refractivity contribution in [2.75, 3.05) is 0 Å². The minimum Gasteiger partial charge on any atom is -0.508 e. The van der Waals surface area contributed by atoms with Gasteiger partial charge >= 0.3 is 0 Å². The number of benzene rings is 2. The Labute approximate surface area is 124 Å². The van der Waals surface area contributed by atoms with Gasteiger partial charge in [-0.15, -0.1) is 0 Å². The Morgan fingerprint density at radius 1 is 0.952 bits per heavy atom. The van der Waals surface area contributed by atoms with Crippen molar-refractivity contribution >= 4 is 10.9 Å². The summed E-state index contributed by atoms with van der Waals surface area (Å²) in [5.41, 5.74) is 4.41. The molecular weight excluding hydrogens is 262 g/mol. The zero-order valence-electron chi connectivity index (χ0n) is 12.3. The van der Waals surface area contributed by atoms with Gasteiger partial charge in [-0.2, -0.15) is 0 Å². The topological polar surface area (TPSA) is 45.4 Å². The van der Waals surface area contributed by atoms with Crippen molar-refractivity contribution in [3.63, 3.8) is 0 Å². The molecule has 3 rings (SSSR count). The smallest absolute Gasteiger partial charge is 0.117 e. The zero-order chi connectivity index (χ0) is 15.0. The Morgan fingerprint density at radius 3 is 2.38 bits per heavy atom. The molecule has 0 unspecified atom stereocenters. The lowest BCUT2D eigenvalue weighted by Gasteiger charge is -2.08. The number of aryl methyl sites for hydroxylation is 1. The van der Waals surface area contributed by atoms with Crippen LogP contribution in [0.15, 0.2) is 42.5 Å². The highest BCUT2D eigenvalue weighted by atomic mass is 16.3. The van der Waals surface area contributed by atoms with Crippen molar-refractivity contribution in [3.8, 4) is 22.6 Å². The van der Waals surface area contributed by atoms with Gasteiger partial charge in [-0.05, 0) is 43.2 Å². The van der Waals surface area contributed by atoms with Gasteiger partial charge in [0, 0.05) is 29.3 Å². The van der Waals surface area contributed by atoms with E-state index in [-0.39, 0.29) is 11.5 Å². The number of fused-ring (bicyclic) bond motifs is 1. The van der Waals surface area contributed by atoms with Crippen molar-refractivity contribution in [2.45, 2.75) is 26.8 Å². The number of rotatable bonds is 3. The molecule has 0 fully saturated rings. The van der Waals surface area contributed by atoms with E-state index in [1.165, 1.54) is 5.69 Å². The van der Waals surface area contributed by atoms with E-state index in [9.17, 15) is 10.2 Å². The molecule has 0 spiro atoms. The molecule has 1 aromatic heterocycles. The number of phenols is 2. The van der Waals surface area contributed by atoms with E-state index < -0.39 is 0 Å². The van der Waals surface area contributed by atoms with Crippen LogP contribution in [0.1, 0.15) is 19.5 Å². The minimum absolute atomic E-state index is 0.269. The number of aromatic hydroxyl groups is 2. The first-order chi connectivity index (χ1) is 10.2. The summed E-state index contributed by atoms with van der Waals surface area (Å²) in [4.78, 5) is 0. The molecule has 0 atom stereocenters. The second-order valence-corrected chi connectivity index (χ2v) is 5.17. The van der Waals surface area contributed by atoms with Crippen LogP contribution in [-0.2, 0) is 13.0 Å². The van der Waals surface area contributed by atoms with E-state index in [0.29, 0.717) is 0 Å². The number of phenolic OH excluding ortho intramolecular Hbond substituents is 2. The predicted octanol–water partition coefficient (Wildman–Crippen LogP) is 4.30. The molecule has 108 valence electrons. The highest BCUT2D eigenvalue weighted by Gasteiger charge is 2.17. The quantitative estimate of drug-likeness (QED) is 0.751. The van der Waals surface area contributed by atoms with E-state index in [4.69, 9.17) is 0 Å².